The zero-order chi connectivity index (χ0) is 11.3. The van der Waals surface area contributed by atoms with Crippen molar-refractivity contribution in [1.29, 1.82) is 0 Å². The summed E-state index contributed by atoms with van der Waals surface area (Å²) in [7, 11) is 0. The lowest BCUT2D eigenvalue weighted by Gasteiger charge is -2.14. The summed E-state index contributed by atoms with van der Waals surface area (Å²) in [6.07, 6.45) is 4.72. The summed E-state index contributed by atoms with van der Waals surface area (Å²) in [5, 5.41) is 10.9. The molecule has 1 atom stereocenters. The molecular formula is C10H12FNO3. The minimum absolute atomic E-state index is 0.0175. The molecule has 4 nitrogen and oxygen atoms in total. The summed E-state index contributed by atoms with van der Waals surface area (Å²) in [6.45, 7) is 0. The van der Waals surface area contributed by atoms with E-state index in [0.29, 0.717) is 24.8 Å². The van der Waals surface area contributed by atoms with Crippen LogP contribution in [0.25, 0.3) is 0 Å². The second kappa shape index (κ2) is 5.29. The highest BCUT2D eigenvalue weighted by molar-refractivity contribution is 5.76. The van der Waals surface area contributed by atoms with Crippen molar-refractivity contribution in [1.82, 2.24) is 5.32 Å². The first-order valence-electron chi connectivity index (χ1n) is 4.62. The molecule has 82 valence electrons. The number of carbonyl (C=O) groups excluding carboxylic acids is 1. The highest BCUT2D eigenvalue weighted by atomic mass is 19.1. The molecule has 2 N–H and O–H groups in total. The van der Waals surface area contributed by atoms with Crippen LogP contribution in [0.1, 0.15) is 19.3 Å². The highest BCUT2D eigenvalue weighted by Crippen LogP contribution is 2.23. The van der Waals surface area contributed by atoms with E-state index in [1.807, 2.05) is 0 Å². The van der Waals surface area contributed by atoms with Crippen molar-refractivity contribution in [2.75, 3.05) is 0 Å². The largest absolute Gasteiger partial charge is 0.480 e. The van der Waals surface area contributed by atoms with Crippen LogP contribution >= 0.6 is 0 Å². The quantitative estimate of drug-likeness (QED) is 0.673. The van der Waals surface area contributed by atoms with Crippen LogP contribution in [-0.4, -0.2) is 23.5 Å². The average Bonchev–Trinajstić information content (AvgIpc) is 2.20. The number of hydrogen-bond donors (Lipinski definition) is 2. The standard InChI is InChI=1S/C10H12FNO3/c11-8-4-2-1-3-7(8)5-9(10(14)15)12-6-13/h3-4,6,9H,1-2,5H2,(H,12,13)(H,14,15)/t9-/m0/s1. The topological polar surface area (TPSA) is 66.4 Å². The molecule has 1 aliphatic carbocycles. The van der Waals surface area contributed by atoms with Gasteiger partial charge in [0.15, 0.2) is 0 Å². The zero-order valence-corrected chi connectivity index (χ0v) is 8.07. The van der Waals surface area contributed by atoms with Gasteiger partial charge in [-0.2, -0.15) is 0 Å². The van der Waals surface area contributed by atoms with Gasteiger partial charge >= 0.3 is 5.97 Å². The van der Waals surface area contributed by atoms with Crippen molar-refractivity contribution in [3.8, 4) is 0 Å². The van der Waals surface area contributed by atoms with E-state index >= 15 is 0 Å². The SMILES string of the molecule is O=CN[C@@H](CC1=CCCC=C1F)C(=O)O. The van der Waals surface area contributed by atoms with Gasteiger partial charge in [-0.3, -0.25) is 4.79 Å². The van der Waals surface area contributed by atoms with Gasteiger partial charge in [0.25, 0.3) is 0 Å². The Bertz CT molecular complexity index is 323. The predicted octanol–water partition coefficient (Wildman–Crippen LogP) is 1.15. The Morgan fingerprint density at radius 1 is 1.60 bits per heavy atom. The third-order valence-electron chi connectivity index (χ3n) is 2.18. The Morgan fingerprint density at radius 2 is 2.27 bits per heavy atom. The molecule has 0 bridgehead atoms. The van der Waals surface area contributed by atoms with Crippen molar-refractivity contribution in [3.05, 3.63) is 23.6 Å². The molecule has 0 aromatic heterocycles. The fourth-order valence-corrected chi connectivity index (χ4v) is 1.40. The van der Waals surface area contributed by atoms with E-state index in [1.54, 1.807) is 6.08 Å². The third kappa shape index (κ3) is 3.19. The van der Waals surface area contributed by atoms with Gasteiger partial charge in [0, 0.05) is 6.42 Å². The minimum atomic E-state index is -1.17. The fraction of sp³-hybridized carbons (Fsp3) is 0.400. The molecule has 1 amide bonds. The molecule has 5 heteroatoms. The Kier molecular flexibility index (Phi) is 4.03. The number of hydrogen-bond acceptors (Lipinski definition) is 2. The van der Waals surface area contributed by atoms with Gasteiger partial charge in [-0.15, -0.1) is 0 Å². The van der Waals surface area contributed by atoms with Crippen LogP contribution in [0.2, 0.25) is 0 Å². The van der Waals surface area contributed by atoms with E-state index in [2.05, 4.69) is 5.32 Å². The Balaban J connectivity index is 2.65. The Hall–Kier alpha value is -1.65. The van der Waals surface area contributed by atoms with Gasteiger partial charge in [-0.1, -0.05) is 6.08 Å². The average molecular weight is 213 g/mol. The highest BCUT2D eigenvalue weighted by Gasteiger charge is 2.20. The maximum absolute atomic E-state index is 13.2. The van der Waals surface area contributed by atoms with E-state index in [1.165, 1.54) is 6.08 Å². The molecule has 0 saturated carbocycles. The van der Waals surface area contributed by atoms with Crippen LogP contribution in [-0.2, 0) is 9.59 Å². The lowest BCUT2D eigenvalue weighted by Crippen LogP contribution is -2.36. The smallest absolute Gasteiger partial charge is 0.326 e. The second-order valence-corrected chi connectivity index (χ2v) is 3.24. The molecule has 1 aliphatic rings. The molecule has 0 aliphatic heterocycles. The summed E-state index contributed by atoms with van der Waals surface area (Å²) in [6, 6.07) is -1.06. The van der Waals surface area contributed by atoms with Crippen LogP contribution < -0.4 is 5.32 Å². The van der Waals surface area contributed by atoms with Crippen LogP contribution in [0.4, 0.5) is 4.39 Å². The molecule has 0 heterocycles. The molecular weight excluding hydrogens is 201 g/mol. The number of carbonyl (C=O) groups is 2. The number of rotatable bonds is 5. The monoisotopic (exact) mass is 213 g/mol. The maximum atomic E-state index is 13.2. The van der Waals surface area contributed by atoms with E-state index < -0.39 is 12.0 Å². The van der Waals surface area contributed by atoms with Gasteiger partial charge in [-0.05, 0) is 24.5 Å². The summed E-state index contributed by atoms with van der Waals surface area (Å²) in [4.78, 5) is 20.8. The summed E-state index contributed by atoms with van der Waals surface area (Å²) < 4.78 is 13.2. The molecule has 0 spiro atoms. The molecule has 0 fully saturated rings. The molecule has 0 radical (unpaired) electrons. The Morgan fingerprint density at radius 3 is 2.80 bits per heavy atom. The number of allylic oxidation sites excluding steroid dienone is 3. The van der Waals surface area contributed by atoms with Gasteiger partial charge in [-0.25, -0.2) is 9.18 Å². The Labute approximate surface area is 86.5 Å². The van der Waals surface area contributed by atoms with Gasteiger partial charge < -0.3 is 10.4 Å². The summed E-state index contributed by atoms with van der Waals surface area (Å²) in [5.41, 5.74) is 0.350. The zero-order valence-electron chi connectivity index (χ0n) is 8.07. The number of carboxylic acid groups (broad SMARTS) is 1. The first-order valence-corrected chi connectivity index (χ1v) is 4.62. The van der Waals surface area contributed by atoms with Crippen molar-refractivity contribution in [2.45, 2.75) is 25.3 Å². The van der Waals surface area contributed by atoms with E-state index in [4.69, 9.17) is 5.11 Å². The predicted molar refractivity (Wildman–Crippen MR) is 51.7 cm³/mol. The van der Waals surface area contributed by atoms with Gasteiger partial charge in [0.2, 0.25) is 6.41 Å². The van der Waals surface area contributed by atoms with Gasteiger partial charge in [0.1, 0.15) is 11.9 Å². The third-order valence-corrected chi connectivity index (χ3v) is 2.18. The molecule has 0 aromatic carbocycles. The number of nitrogens with one attached hydrogen (secondary N) is 1. The summed E-state index contributed by atoms with van der Waals surface area (Å²) in [5.74, 6) is -1.55. The van der Waals surface area contributed by atoms with Crippen molar-refractivity contribution >= 4 is 12.4 Å². The molecule has 15 heavy (non-hydrogen) atoms. The van der Waals surface area contributed by atoms with Crippen molar-refractivity contribution < 1.29 is 19.1 Å². The molecule has 0 unspecified atom stereocenters. The summed E-state index contributed by atoms with van der Waals surface area (Å²) >= 11 is 0. The van der Waals surface area contributed by atoms with Crippen LogP contribution in [0, 0.1) is 0 Å². The lowest BCUT2D eigenvalue weighted by atomic mass is 9.99. The second-order valence-electron chi connectivity index (χ2n) is 3.24. The maximum Gasteiger partial charge on any atom is 0.326 e. The van der Waals surface area contributed by atoms with Gasteiger partial charge in [0.05, 0.1) is 0 Å². The lowest BCUT2D eigenvalue weighted by molar-refractivity contribution is -0.140. The van der Waals surface area contributed by atoms with Crippen LogP contribution in [0.3, 0.4) is 0 Å². The number of halogens is 1. The van der Waals surface area contributed by atoms with E-state index in [-0.39, 0.29) is 12.2 Å². The molecule has 0 aromatic rings. The first kappa shape index (κ1) is 11.4. The first-order chi connectivity index (χ1) is 7.15. The van der Waals surface area contributed by atoms with Crippen LogP contribution in [0.15, 0.2) is 23.6 Å². The molecule has 1 rings (SSSR count). The van der Waals surface area contributed by atoms with Crippen LogP contribution in [0.5, 0.6) is 0 Å². The van der Waals surface area contributed by atoms with Crippen molar-refractivity contribution in [2.24, 2.45) is 0 Å². The van der Waals surface area contributed by atoms with E-state index in [9.17, 15) is 14.0 Å². The van der Waals surface area contributed by atoms with E-state index in [0.717, 1.165) is 0 Å². The number of carboxylic acids is 1. The van der Waals surface area contributed by atoms with Crippen molar-refractivity contribution in [3.63, 3.8) is 0 Å². The number of aliphatic carboxylic acids is 1. The minimum Gasteiger partial charge on any atom is -0.480 e. The normalized spacial score (nSPS) is 17.4. The number of amides is 1. The molecule has 0 saturated heterocycles. The fourth-order valence-electron chi connectivity index (χ4n) is 1.40.